The maximum Gasteiger partial charge on any atom is 0.146 e. The van der Waals surface area contributed by atoms with Crippen molar-refractivity contribution >= 4 is 5.82 Å². The molecule has 2 atom stereocenters. The van der Waals surface area contributed by atoms with Crippen molar-refractivity contribution in [2.75, 3.05) is 25.2 Å². The van der Waals surface area contributed by atoms with Crippen LogP contribution in [-0.4, -0.2) is 42.4 Å². The Balaban J connectivity index is 1.91. The molecule has 5 heteroatoms. The van der Waals surface area contributed by atoms with Gasteiger partial charge in [0.25, 0.3) is 0 Å². The third-order valence-electron chi connectivity index (χ3n) is 3.92. The van der Waals surface area contributed by atoms with Crippen LogP contribution < -0.4 is 4.90 Å². The molecule has 2 aliphatic rings. The number of alkyl halides is 1. The van der Waals surface area contributed by atoms with Gasteiger partial charge in [0.1, 0.15) is 18.3 Å². The van der Waals surface area contributed by atoms with E-state index in [1.165, 1.54) is 18.4 Å². The van der Waals surface area contributed by atoms with Gasteiger partial charge in [-0.1, -0.05) is 0 Å². The smallest absolute Gasteiger partial charge is 0.146 e. The maximum absolute atomic E-state index is 13.7. The highest BCUT2D eigenvalue weighted by atomic mass is 19.1. The first kappa shape index (κ1) is 11.8. The molecule has 98 valence electrons. The third-order valence-corrected chi connectivity index (χ3v) is 3.92. The minimum absolute atomic E-state index is 0.197. The Labute approximate surface area is 106 Å². The molecule has 0 spiro atoms. The summed E-state index contributed by atoms with van der Waals surface area (Å²) < 4.78 is 18.9. The van der Waals surface area contributed by atoms with Gasteiger partial charge in [0, 0.05) is 18.3 Å². The lowest BCUT2D eigenvalue weighted by Crippen LogP contribution is -2.40. The van der Waals surface area contributed by atoms with Gasteiger partial charge in [-0.05, 0) is 25.7 Å². The molecular weight excluding hydrogens is 233 g/mol. The molecule has 3 rings (SSSR count). The van der Waals surface area contributed by atoms with Crippen LogP contribution in [0.4, 0.5) is 10.2 Å². The summed E-state index contributed by atoms with van der Waals surface area (Å²) in [4.78, 5) is 10.6. The van der Waals surface area contributed by atoms with E-state index in [0.29, 0.717) is 6.61 Å². The SMILES string of the molecule is CN(c1ncnc2c1CCCC2)[C@@H]1COC[C@H]1F. The number of aryl methyl sites for hydroxylation is 1. The van der Waals surface area contributed by atoms with Gasteiger partial charge in [-0.3, -0.25) is 0 Å². The zero-order valence-corrected chi connectivity index (χ0v) is 10.6. The first-order valence-electron chi connectivity index (χ1n) is 6.55. The quantitative estimate of drug-likeness (QED) is 0.799. The maximum atomic E-state index is 13.7. The predicted molar refractivity (Wildman–Crippen MR) is 66.6 cm³/mol. The Morgan fingerprint density at radius 3 is 2.89 bits per heavy atom. The molecular formula is C13H18FN3O. The van der Waals surface area contributed by atoms with Crippen LogP contribution in [0.15, 0.2) is 6.33 Å². The zero-order valence-electron chi connectivity index (χ0n) is 10.6. The van der Waals surface area contributed by atoms with Crippen LogP contribution in [0.2, 0.25) is 0 Å². The fourth-order valence-electron chi connectivity index (χ4n) is 2.84. The Hall–Kier alpha value is -1.23. The van der Waals surface area contributed by atoms with Crippen LogP contribution in [0.5, 0.6) is 0 Å². The summed E-state index contributed by atoms with van der Waals surface area (Å²) in [7, 11) is 1.91. The van der Waals surface area contributed by atoms with Gasteiger partial charge in [-0.15, -0.1) is 0 Å². The van der Waals surface area contributed by atoms with Crippen LogP contribution in [0.25, 0.3) is 0 Å². The first-order valence-corrected chi connectivity index (χ1v) is 6.55. The van der Waals surface area contributed by atoms with E-state index in [1.807, 2.05) is 11.9 Å². The molecule has 0 aromatic carbocycles. The average molecular weight is 251 g/mol. The summed E-state index contributed by atoms with van der Waals surface area (Å²) in [6.45, 7) is 0.638. The number of halogens is 1. The second kappa shape index (κ2) is 4.80. The van der Waals surface area contributed by atoms with E-state index in [9.17, 15) is 4.39 Å². The summed E-state index contributed by atoms with van der Waals surface area (Å²) in [5.74, 6) is 0.887. The first-order chi connectivity index (χ1) is 8.77. The second-order valence-corrected chi connectivity index (χ2v) is 5.06. The molecule has 1 aromatic rings. The number of rotatable bonds is 2. The van der Waals surface area contributed by atoms with Crippen LogP contribution in [0.3, 0.4) is 0 Å². The van der Waals surface area contributed by atoms with Crippen LogP contribution in [0, 0.1) is 0 Å². The van der Waals surface area contributed by atoms with Crippen molar-refractivity contribution in [3.8, 4) is 0 Å². The van der Waals surface area contributed by atoms with E-state index in [-0.39, 0.29) is 12.6 Å². The van der Waals surface area contributed by atoms with Gasteiger partial charge in [-0.25, -0.2) is 14.4 Å². The van der Waals surface area contributed by atoms with E-state index in [0.717, 1.165) is 24.4 Å². The monoisotopic (exact) mass is 251 g/mol. The molecule has 1 aliphatic carbocycles. The second-order valence-electron chi connectivity index (χ2n) is 5.06. The molecule has 1 saturated heterocycles. The number of ether oxygens (including phenoxy) is 1. The normalized spacial score (nSPS) is 27.0. The van der Waals surface area contributed by atoms with E-state index in [2.05, 4.69) is 9.97 Å². The van der Waals surface area contributed by atoms with Crippen LogP contribution in [0.1, 0.15) is 24.1 Å². The molecule has 0 radical (unpaired) electrons. The molecule has 0 unspecified atom stereocenters. The van der Waals surface area contributed by atoms with Crippen LogP contribution in [-0.2, 0) is 17.6 Å². The lowest BCUT2D eigenvalue weighted by Gasteiger charge is -2.29. The minimum Gasteiger partial charge on any atom is -0.376 e. The summed E-state index contributed by atoms with van der Waals surface area (Å²) in [6.07, 6.45) is 5.04. The van der Waals surface area contributed by atoms with Crippen molar-refractivity contribution < 1.29 is 9.13 Å². The van der Waals surface area contributed by atoms with Gasteiger partial charge < -0.3 is 9.64 Å². The Bertz CT molecular complexity index is 440. The van der Waals surface area contributed by atoms with Crippen molar-refractivity contribution in [3.63, 3.8) is 0 Å². The number of hydrogen-bond acceptors (Lipinski definition) is 4. The average Bonchev–Trinajstić information content (AvgIpc) is 2.83. The van der Waals surface area contributed by atoms with E-state index in [1.54, 1.807) is 6.33 Å². The van der Waals surface area contributed by atoms with Crippen molar-refractivity contribution in [2.24, 2.45) is 0 Å². The molecule has 1 fully saturated rings. The Morgan fingerprint density at radius 1 is 1.28 bits per heavy atom. The minimum atomic E-state index is -0.927. The lowest BCUT2D eigenvalue weighted by molar-refractivity contribution is 0.173. The van der Waals surface area contributed by atoms with Crippen molar-refractivity contribution in [3.05, 3.63) is 17.6 Å². The summed E-state index contributed by atoms with van der Waals surface area (Å²) >= 11 is 0. The van der Waals surface area contributed by atoms with Gasteiger partial charge in [0.2, 0.25) is 0 Å². The van der Waals surface area contributed by atoms with E-state index < -0.39 is 6.17 Å². The molecule has 4 nitrogen and oxygen atoms in total. The molecule has 18 heavy (non-hydrogen) atoms. The highest BCUT2D eigenvalue weighted by Crippen LogP contribution is 2.29. The highest BCUT2D eigenvalue weighted by Gasteiger charge is 2.33. The standard InChI is InChI=1S/C13H18FN3O/c1-17(12-7-18-6-10(12)14)13-9-4-2-3-5-11(9)15-8-16-13/h8,10,12H,2-7H2,1H3/t10-,12-/m1/s1. The van der Waals surface area contributed by atoms with E-state index >= 15 is 0 Å². The molecule has 1 aliphatic heterocycles. The highest BCUT2D eigenvalue weighted by molar-refractivity contribution is 5.50. The summed E-state index contributed by atoms with van der Waals surface area (Å²) in [5.41, 5.74) is 2.33. The number of hydrogen-bond donors (Lipinski definition) is 0. The van der Waals surface area contributed by atoms with Gasteiger partial charge in [-0.2, -0.15) is 0 Å². The van der Waals surface area contributed by atoms with Crippen molar-refractivity contribution in [1.29, 1.82) is 0 Å². The van der Waals surface area contributed by atoms with Crippen molar-refractivity contribution in [1.82, 2.24) is 9.97 Å². The fourth-order valence-corrected chi connectivity index (χ4v) is 2.84. The molecule has 2 heterocycles. The number of aromatic nitrogens is 2. The number of fused-ring (bicyclic) bond motifs is 1. The zero-order chi connectivity index (χ0) is 12.5. The molecule has 0 bridgehead atoms. The number of nitrogens with zero attached hydrogens (tertiary/aromatic N) is 3. The van der Waals surface area contributed by atoms with Gasteiger partial charge in [0.05, 0.1) is 19.3 Å². The molecule has 0 N–H and O–H groups in total. The largest absolute Gasteiger partial charge is 0.376 e. The Morgan fingerprint density at radius 2 is 2.11 bits per heavy atom. The van der Waals surface area contributed by atoms with Crippen molar-refractivity contribution in [2.45, 2.75) is 37.9 Å². The third kappa shape index (κ3) is 1.96. The van der Waals surface area contributed by atoms with Gasteiger partial charge in [0.15, 0.2) is 0 Å². The molecule has 0 saturated carbocycles. The topological polar surface area (TPSA) is 38.2 Å². The summed E-state index contributed by atoms with van der Waals surface area (Å²) in [6, 6.07) is -0.217. The summed E-state index contributed by atoms with van der Waals surface area (Å²) in [5, 5.41) is 0. The fraction of sp³-hybridized carbons (Fsp3) is 0.692. The van der Waals surface area contributed by atoms with Gasteiger partial charge >= 0.3 is 0 Å². The number of anilines is 1. The van der Waals surface area contributed by atoms with Crippen LogP contribution >= 0.6 is 0 Å². The molecule has 1 aromatic heterocycles. The van der Waals surface area contributed by atoms with E-state index in [4.69, 9.17) is 4.74 Å². The predicted octanol–water partition coefficient (Wildman–Crippen LogP) is 1.53. The molecule has 0 amide bonds. The Kier molecular flexibility index (Phi) is 3.16. The number of likely N-dealkylation sites (N-methyl/N-ethyl adjacent to an activating group) is 1. The lowest BCUT2D eigenvalue weighted by atomic mass is 9.96.